The van der Waals surface area contributed by atoms with Crippen LogP contribution in [0.15, 0.2) is 12.2 Å². The van der Waals surface area contributed by atoms with Crippen molar-refractivity contribution in [1.82, 2.24) is 10.6 Å². The molecule has 0 bridgehead atoms. The minimum absolute atomic E-state index is 0.114. The summed E-state index contributed by atoms with van der Waals surface area (Å²) in [4.78, 5) is 33.7. The largest absolute Gasteiger partial charge is 0.462 e. The Labute approximate surface area is 126 Å². The molecule has 0 radical (unpaired) electrons. The summed E-state index contributed by atoms with van der Waals surface area (Å²) in [5.74, 6) is -0.702. The van der Waals surface area contributed by atoms with Crippen molar-refractivity contribution in [2.75, 3.05) is 13.2 Å². The Morgan fingerprint density at radius 3 is 2.14 bits per heavy atom. The SMILES string of the molecule is C=C(C)C(=O)OCCC(CC)(CCNC(C)=O)NC(C)=O. The summed E-state index contributed by atoms with van der Waals surface area (Å²) >= 11 is 0. The average Bonchev–Trinajstić information content (AvgIpc) is 2.36. The molecular formula is C15H26N2O4. The first-order valence-corrected chi connectivity index (χ1v) is 7.08. The van der Waals surface area contributed by atoms with E-state index in [2.05, 4.69) is 17.2 Å². The molecule has 6 heteroatoms. The zero-order valence-corrected chi connectivity index (χ0v) is 13.4. The van der Waals surface area contributed by atoms with E-state index >= 15 is 0 Å². The van der Waals surface area contributed by atoms with Crippen molar-refractivity contribution in [3.63, 3.8) is 0 Å². The molecule has 21 heavy (non-hydrogen) atoms. The van der Waals surface area contributed by atoms with Gasteiger partial charge in [0.05, 0.1) is 6.61 Å². The number of nitrogens with one attached hydrogen (secondary N) is 2. The van der Waals surface area contributed by atoms with E-state index in [1.807, 2.05) is 6.92 Å². The molecule has 0 rings (SSSR count). The summed E-state index contributed by atoms with van der Waals surface area (Å²) < 4.78 is 5.09. The van der Waals surface area contributed by atoms with Crippen LogP contribution >= 0.6 is 0 Å². The summed E-state index contributed by atoms with van der Waals surface area (Å²) in [6.45, 7) is 10.6. The second-order valence-electron chi connectivity index (χ2n) is 5.21. The zero-order valence-electron chi connectivity index (χ0n) is 13.4. The Morgan fingerprint density at radius 2 is 1.71 bits per heavy atom. The molecule has 0 aliphatic heterocycles. The monoisotopic (exact) mass is 298 g/mol. The molecule has 6 nitrogen and oxygen atoms in total. The second kappa shape index (κ2) is 9.15. The van der Waals surface area contributed by atoms with E-state index in [1.165, 1.54) is 13.8 Å². The maximum atomic E-state index is 11.4. The van der Waals surface area contributed by atoms with Crippen molar-refractivity contribution >= 4 is 17.8 Å². The van der Waals surface area contributed by atoms with E-state index in [9.17, 15) is 14.4 Å². The molecular weight excluding hydrogens is 272 g/mol. The lowest BCUT2D eigenvalue weighted by Crippen LogP contribution is -2.50. The van der Waals surface area contributed by atoms with Gasteiger partial charge in [0.25, 0.3) is 0 Å². The summed E-state index contributed by atoms with van der Waals surface area (Å²) in [5, 5.41) is 5.63. The normalized spacial score (nSPS) is 13.0. The predicted octanol–water partition coefficient (Wildman–Crippen LogP) is 1.31. The van der Waals surface area contributed by atoms with Crippen LogP contribution in [0.25, 0.3) is 0 Å². The van der Waals surface area contributed by atoms with Crippen molar-refractivity contribution < 1.29 is 19.1 Å². The fourth-order valence-electron chi connectivity index (χ4n) is 2.01. The molecule has 0 aromatic carbocycles. The number of hydrogen-bond acceptors (Lipinski definition) is 4. The lowest BCUT2D eigenvalue weighted by atomic mass is 9.88. The second-order valence-corrected chi connectivity index (χ2v) is 5.21. The van der Waals surface area contributed by atoms with Crippen molar-refractivity contribution in [2.24, 2.45) is 0 Å². The Kier molecular flexibility index (Phi) is 8.35. The first-order valence-electron chi connectivity index (χ1n) is 7.08. The van der Waals surface area contributed by atoms with Gasteiger partial charge in [0.15, 0.2) is 0 Å². The quantitative estimate of drug-likeness (QED) is 0.496. The molecule has 0 aromatic heterocycles. The van der Waals surface area contributed by atoms with Gasteiger partial charge in [-0.25, -0.2) is 4.79 Å². The van der Waals surface area contributed by atoms with E-state index in [0.717, 1.165) is 0 Å². The molecule has 1 atom stereocenters. The molecule has 0 fully saturated rings. The third kappa shape index (κ3) is 8.12. The lowest BCUT2D eigenvalue weighted by molar-refractivity contribution is -0.139. The lowest BCUT2D eigenvalue weighted by Gasteiger charge is -2.33. The van der Waals surface area contributed by atoms with Gasteiger partial charge in [0.2, 0.25) is 11.8 Å². The van der Waals surface area contributed by atoms with Crippen molar-refractivity contribution in [1.29, 1.82) is 0 Å². The van der Waals surface area contributed by atoms with E-state index in [4.69, 9.17) is 4.74 Å². The van der Waals surface area contributed by atoms with Gasteiger partial charge >= 0.3 is 5.97 Å². The summed E-state index contributed by atoms with van der Waals surface area (Å²) in [5.41, 5.74) is -0.154. The zero-order chi connectivity index (χ0) is 16.5. The van der Waals surface area contributed by atoms with E-state index in [-0.39, 0.29) is 18.4 Å². The number of amides is 2. The number of ether oxygens (including phenoxy) is 1. The first kappa shape index (κ1) is 19.1. The van der Waals surface area contributed by atoms with Gasteiger partial charge in [-0.1, -0.05) is 13.5 Å². The molecule has 0 spiro atoms. The van der Waals surface area contributed by atoms with E-state index < -0.39 is 11.5 Å². The van der Waals surface area contributed by atoms with Crippen LogP contribution < -0.4 is 10.6 Å². The standard InChI is InChI=1S/C15H26N2O4/c1-6-15(17-13(5)19,7-9-16-12(4)18)8-10-21-14(20)11(2)3/h2,6-10H2,1,3-5H3,(H,16,18)(H,17,19). The van der Waals surface area contributed by atoms with Crippen LogP contribution in [0.2, 0.25) is 0 Å². The van der Waals surface area contributed by atoms with Crippen LogP contribution in [-0.2, 0) is 19.1 Å². The highest BCUT2D eigenvalue weighted by atomic mass is 16.5. The van der Waals surface area contributed by atoms with Gasteiger partial charge in [-0.2, -0.15) is 0 Å². The highest BCUT2D eigenvalue weighted by Gasteiger charge is 2.29. The van der Waals surface area contributed by atoms with Crippen LogP contribution in [0.4, 0.5) is 0 Å². The number of rotatable bonds is 9. The highest BCUT2D eigenvalue weighted by molar-refractivity contribution is 5.86. The van der Waals surface area contributed by atoms with Gasteiger partial charge in [-0.3, -0.25) is 9.59 Å². The van der Waals surface area contributed by atoms with Crippen molar-refractivity contribution in [2.45, 2.75) is 52.5 Å². The van der Waals surface area contributed by atoms with Gasteiger partial charge < -0.3 is 15.4 Å². The Balaban J connectivity index is 4.61. The highest BCUT2D eigenvalue weighted by Crippen LogP contribution is 2.20. The molecule has 0 saturated carbocycles. The van der Waals surface area contributed by atoms with Gasteiger partial charge in [-0.05, 0) is 19.8 Å². The predicted molar refractivity (Wildman–Crippen MR) is 80.5 cm³/mol. The molecule has 0 saturated heterocycles. The van der Waals surface area contributed by atoms with E-state index in [0.29, 0.717) is 31.4 Å². The minimum Gasteiger partial charge on any atom is -0.462 e. The van der Waals surface area contributed by atoms with Crippen molar-refractivity contribution in [3.05, 3.63) is 12.2 Å². The van der Waals surface area contributed by atoms with Crippen LogP contribution in [-0.4, -0.2) is 36.5 Å². The fourth-order valence-corrected chi connectivity index (χ4v) is 2.01. The van der Waals surface area contributed by atoms with Crippen LogP contribution in [0.3, 0.4) is 0 Å². The first-order chi connectivity index (χ1) is 9.72. The molecule has 0 heterocycles. The van der Waals surface area contributed by atoms with Gasteiger partial charge in [0.1, 0.15) is 0 Å². The molecule has 0 aliphatic carbocycles. The average molecular weight is 298 g/mol. The third-order valence-electron chi connectivity index (χ3n) is 3.26. The molecule has 0 aliphatic rings. The Morgan fingerprint density at radius 1 is 1.10 bits per heavy atom. The number of esters is 1. The number of carbonyl (C=O) groups is 3. The number of hydrogen-bond donors (Lipinski definition) is 2. The topological polar surface area (TPSA) is 84.5 Å². The van der Waals surface area contributed by atoms with Crippen LogP contribution in [0.1, 0.15) is 47.0 Å². The fraction of sp³-hybridized carbons (Fsp3) is 0.667. The summed E-state index contributed by atoms with van der Waals surface area (Å²) in [6.07, 6.45) is 1.74. The van der Waals surface area contributed by atoms with E-state index in [1.54, 1.807) is 6.92 Å². The Hall–Kier alpha value is -1.85. The summed E-state index contributed by atoms with van der Waals surface area (Å²) in [6, 6.07) is 0. The van der Waals surface area contributed by atoms with Crippen LogP contribution in [0, 0.1) is 0 Å². The maximum Gasteiger partial charge on any atom is 0.333 e. The maximum absolute atomic E-state index is 11.4. The van der Waals surface area contributed by atoms with Gasteiger partial charge in [0, 0.05) is 37.9 Å². The van der Waals surface area contributed by atoms with Crippen LogP contribution in [0.5, 0.6) is 0 Å². The Bertz CT molecular complexity index is 406. The van der Waals surface area contributed by atoms with Gasteiger partial charge in [-0.15, -0.1) is 0 Å². The molecule has 0 aromatic rings. The number of carbonyl (C=O) groups excluding carboxylic acids is 3. The molecule has 1 unspecified atom stereocenters. The smallest absolute Gasteiger partial charge is 0.333 e. The minimum atomic E-state index is -0.496. The molecule has 2 amide bonds. The molecule has 2 N–H and O–H groups in total. The molecule has 120 valence electrons. The summed E-state index contributed by atoms with van der Waals surface area (Å²) in [7, 11) is 0. The third-order valence-corrected chi connectivity index (χ3v) is 3.26. The van der Waals surface area contributed by atoms with Crippen molar-refractivity contribution in [3.8, 4) is 0 Å².